The van der Waals surface area contributed by atoms with E-state index in [-0.39, 0.29) is 0 Å². The van der Waals surface area contributed by atoms with Gasteiger partial charge in [-0.05, 0) is 26.7 Å². The third kappa shape index (κ3) is 2.99. The summed E-state index contributed by atoms with van der Waals surface area (Å²) in [5, 5.41) is 18.4. The molecule has 0 spiro atoms. The third-order valence-corrected chi connectivity index (χ3v) is 1.76. The molecule has 0 radical (unpaired) electrons. The molecule has 0 saturated heterocycles. The van der Waals surface area contributed by atoms with Crippen LogP contribution < -0.4 is 0 Å². The Morgan fingerprint density at radius 1 is 1.42 bits per heavy atom. The molecule has 0 bridgehead atoms. The summed E-state index contributed by atoms with van der Waals surface area (Å²) in [5.74, 6) is 5.42. The molecule has 0 amide bonds. The largest absolute Gasteiger partial charge is 0.378 e. The first-order valence-corrected chi connectivity index (χ1v) is 4.35. The smallest absolute Gasteiger partial charge is 0.191 e. The Bertz CT molecular complexity index is 327. The van der Waals surface area contributed by atoms with Gasteiger partial charge in [0, 0.05) is 0 Å². The summed E-state index contributed by atoms with van der Waals surface area (Å²) in [6.07, 6.45) is 0. The molecule has 0 aliphatic rings. The fourth-order valence-electron chi connectivity index (χ4n) is 0.553. The molecule has 3 nitrogen and oxygen atoms in total. The van der Waals surface area contributed by atoms with Crippen LogP contribution in [0.4, 0.5) is 0 Å². The molecule has 1 aromatic rings. The van der Waals surface area contributed by atoms with Crippen LogP contribution in [0.2, 0.25) is 0 Å². The number of rotatable bonds is 0. The van der Waals surface area contributed by atoms with Gasteiger partial charge in [0.05, 0.1) is 0 Å². The van der Waals surface area contributed by atoms with Crippen LogP contribution in [0, 0.1) is 18.8 Å². The van der Waals surface area contributed by atoms with E-state index in [0.717, 1.165) is 5.01 Å². The van der Waals surface area contributed by atoms with Gasteiger partial charge in [-0.1, -0.05) is 17.3 Å². The molecule has 0 aliphatic carbocycles. The molecular formula is C8H10N2OS. The Hall–Kier alpha value is -0.920. The lowest BCUT2D eigenvalue weighted by molar-refractivity contribution is 0.143. The Balaban J connectivity index is 2.80. The molecule has 0 aromatic carbocycles. The lowest BCUT2D eigenvalue weighted by Crippen LogP contribution is -2.14. The highest BCUT2D eigenvalue weighted by Gasteiger charge is 2.06. The highest BCUT2D eigenvalue weighted by atomic mass is 32.1. The van der Waals surface area contributed by atoms with Crippen molar-refractivity contribution in [3.8, 4) is 11.8 Å². The molecule has 1 aromatic heterocycles. The molecule has 1 rings (SSSR count). The number of aryl methyl sites for hydroxylation is 1. The summed E-state index contributed by atoms with van der Waals surface area (Å²) < 4.78 is 0. The van der Waals surface area contributed by atoms with Gasteiger partial charge in [-0.25, -0.2) is 0 Å². The van der Waals surface area contributed by atoms with E-state index in [0.29, 0.717) is 5.01 Å². The molecular weight excluding hydrogens is 172 g/mol. The first-order valence-electron chi connectivity index (χ1n) is 3.53. The lowest BCUT2D eigenvalue weighted by atomic mass is 10.1. The van der Waals surface area contributed by atoms with Crippen LogP contribution in [0.3, 0.4) is 0 Å². The minimum absolute atomic E-state index is 0.648. The van der Waals surface area contributed by atoms with E-state index in [1.54, 1.807) is 13.8 Å². The summed E-state index contributed by atoms with van der Waals surface area (Å²) in [7, 11) is 0. The quantitative estimate of drug-likeness (QED) is 0.608. The number of nitrogens with zero attached hydrogens (tertiary/aromatic N) is 2. The molecule has 1 heterocycles. The minimum atomic E-state index is -0.959. The third-order valence-electron chi connectivity index (χ3n) is 1.00. The van der Waals surface area contributed by atoms with Crippen molar-refractivity contribution in [1.29, 1.82) is 0 Å². The second kappa shape index (κ2) is 3.21. The van der Waals surface area contributed by atoms with Crippen LogP contribution in [0.15, 0.2) is 0 Å². The molecule has 0 atom stereocenters. The molecule has 1 N–H and O–H groups in total. The van der Waals surface area contributed by atoms with Crippen molar-refractivity contribution in [2.24, 2.45) is 0 Å². The highest BCUT2D eigenvalue weighted by Crippen LogP contribution is 2.06. The highest BCUT2D eigenvalue weighted by molar-refractivity contribution is 7.11. The van der Waals surface area contributed by atoms with Crippen LogP contribution in [0.25, 0.3) is 0 Å². The van der Waals surface area contributed by atoms with E-state index in [1.807, 2.05) is 6.92 Å². The van der Waals surface area contributed by atoms with Gasteiger partial charge in [0.1, 0.15) is 10.6 Å². The van der Waals surface area contributed by atoms with Crippen LogP contribution in [-0.4, -0.2) is 20.9 Å². The van der Waals surface area contributed by atoms with E-state index >= 15 is 0 Å². The maximum Gasteiger partial charge on any atom is 0.191 e. The fourth-order valence-corrected chi connectivity index (χ4v) is 1.10. The maximum atomic E-state index is 9.27. The van der Waals surface area contributed by atoms with Gasteiger partial charge < -0.3 is 5.11 Å². The summed E-state index contributed by atoms with van der Waals surface area (Å²) >= 11 is 1.42. The Kier molecular flexibility index (Phi) is 2.46. The zero-order valence-electron chi connectivity index (χ0n) is 7.25. The average Bonchev–Trinajstić information content (AvgIpc) is 2.30. The van der Waals surface area contributed by atoms with Crippen molar-refractivity contribution in [3.05, 3.63) is 10.0 Å². The van der Waals surface area contributed by atoms with E-state index in [4.69, 9.17) is 0 Å². The van der Waals surface area contributed by atoms with Crippen LogP contribution >= 0.6 is 11.3 Å². The normalized spacial score (nSPS) is 10.7. The number of hydrogen-bond donors (Lipinski definition) is 1. The van der Waals surface area contributed by atoms with Crippen LogP contribution in [-0.2, 0) is 0 Å². The summed E-state index contributed by atoms with van der Waals surface area (Å²) in [5.41, 5.74) is -0.959. The predicted molar refractivity (Wildman–Crippen MR) is 47.8 cm³/mol. The van der Waals surface area contributed by atoms with Crippen molar-refractivity contribution in [2.75, 3.05) is 0 Å². The van der Waals surface area contributed by atoms with Crippen LogP contribution in [0.5, 0.6) is 0 Å². The first kappa shape index (κ1) is 9.17. The van der Waals surface area contributed by atoms with E-state index in [1.165, 1.54) is 11.3 Å². The Morgan fingerprint density at radius 3 is 2.50 bits per heavy atom. The molecule has 0 unspecified atom stereocenters. The molecule has 0 aliphatic heterocycles. The SMILES string of the molecule is Cc1nnc(C#CC(C)(C)O)s1. The van der Waals surface area contributed by atoms with Crippen molar-refractivity contribution in [1.82, 2.24) is 10.2 Å². The average molecular weight is 182 g/mol. The predicted octanol–water partition coefficient (Wildman–Crippen LogP) is 0.969. The topological polar surface area (TPSA) is 46.0 Å². The molecule has 0 saturated carbocycles. The van der Waals surface area contributed by atoms with Gasteiger partial charge in [0.2, 0.25) is 0 Å². The minimum Gasteiger partial charge on any atom is -0.378 e. The van der Waals surface area contributed by atoms with Gasteiger partial charge in [0.15, 0.2) is 5.01 Å². The van der Waals surface area contributed by atoms with Gasteiger partial charge in [-0.2, -0.15) is 0 Å². The molecule has 4 heteroatoms. The monoisotopic (exact) mass is 182 g/mol. The van der Waals surface area contributed by atoms with Crippen LogP contribution in [0.1, 0.15) is 23.9 Å². The number of hydrogen-bond acceptors (Lipinski definition) is 4. The van der Waals surface area contributed by atoms with Crippen molar-refractivity contribution >= 4 is 11.3 Å². The van der Waals surface area contributed by atoms with Gasteiger partial charge >= 0.3 is 0 Å². The van der Waals surface area contributed by atoms with Crippen molar-refractivity contribution in [2.45, 2.75) is 26.4 Å². The summed E-state index contributed by atoms with van der Waals surface area (Å²) in [4.78, 5) is 0. The maximum absolute atomic E-state index is 9.27. The molecule has 64 valence electrons. The number of aromatic nitrogens is 2. The molecule has 0 fully saturated rings. The van der Waals surface area contributed by atoms with Crippen molar-refractivity contribution in [3.63, 3.8) is 0 Å². The Labute approximate surface area is 75.5 Å². The van der Waals surface area contributed by atoms with Crippen molar-refractivity contribution < 1.29 is 5.11 Å². The second-order valence-corrected chi connectivity index (χ2v) is 4.12. The number of aliphatic hydroxyl groups is 1. The van der Waals surface area contributed by atoms with Gasteiger partial charge in [-0.15, -0.1) is 10.2 Å². The summed E-state index contributed by atoms with van der Waals surface area (Å²) in [6, 6.07) is 0. The molecule has 12 heavy (non-hydrogen) atoms. The van der Waals surface area contributed by atoms with E-state index < -0.39 is 5.60 Å². The second-order valence-electron chi connectivity index (χ2n) is 2.94. The van der Waals surface area contributed by atoms with Gasteiger partial charge in [-0.3, -0.25) is 0 Å². The zero-order valence-corrected chi connectivity index (χ0v) is 8.07. The Morgan fingerprint density at radius 2 is 2.08 bits per heavy atom. The van der Waals surface area contributed by atoms with E-state index in [9.17, 15) is 5.11 Å². The first-order chi connectivity index (χ1) is 5.47. The van der Waals surface area contributed by atoms with Gasteiger partial charge in [0.25, 0.3) is 0 Å². The zero-order chi connectivity index (χ0) is 9.19. The fraction of sp³-hybridized carbons (Fsp3) is 0.500. The van der Waals surface area contributed by atoms with E-state index in [2.05, 4.69) is 22.0 Å². The standard InChI is InChI=1S/C8H10N2OS/c1-6-9-10-7(12-6)4-5-8(2,3)11/h11H,1-3H3. The lowest BCUT2D eigenvalue weighted by Gasteiger charge is -2.04. The summed E-state index contributed by atoms with van der Waals surface area (Å²) in [6.45, 7) is 5.13.